The number of nitrogens with zero attached hydrogens (tertiary/aromatic N) is 3. The maximum Gasteiger partial charge on any atom is 0.233 e. The third-order valence-electron chi connectivity index (χ3n) is 6.14. The molecule has 0 N–H and O–H groups in total. The minimum absolute atomic E-state index is 0.0372. The van der Waals surface area contributed by atoms with E-state index >= 15 is 0 Å². The lowest BCUT2D eigenvalue weighted by Crippen LogP contribution is -2.32. The first-order valence-electron chi connectivity index (χ1n) is 10.7. The number of carbonyl (C=O) groups excluding carboxylic acids is 1. The van der Waals surface area contributed by atoms with E-state index in [0.717, 1.165) is 59.7 Å². The average molecular weight is 438 g/mol. The van der Waals surface area contributed by atoms with Gasteiger partial charge in [-0.3, -0.25) is 4.79 Å². The fraction of sp³-hybridized carbons (Fsp3) is 0.458. The Kier molecular flexibility index (Phi) is 6.38. The molecule has 0 aliphatic carbocycles. The Morgan fingerprint density at radius 3 is 2.74 bits per heavy atom. The fourth-order valence-electron chi connectivity index (χ4n) is 4.16. The summed E-state index contributed by atoms with van der Waals surface area (Å²) in [5.74, 6) is 1.87. The fourth-order valence-corrected chi connectivity index (χ4v) is 5.13. The molecule has 2 aromatic rings. The molecule has 162 valence electrons. The molecule has 2 aliphatic rings. The van der Waals surface area contributed by atoms with E-state index in [1.807, 2.05) is 43.9 Å². The molecule has 0 radical (unpaired) electrons. The Morgan fingerprint density at radius 1 is 1.19 bits per heavy atom. The van der Waals surface area contributed by atoms with Crippen LogP contribution in [0, 0.1) is 32.1 Å². The highest BCUT2D eigenvalue weighted by atomic mass is 32.2. The molecule has 0 bridgehead atoms. The number of benzene rings is 1. The summed E-state index contributed by atoms with van der Waals surface area (Å²) in [6, 6.07) is 8.31. The Morgan fingerprint density at radius 2 is 1.97 bits per heavy atom. The number of aryl methyl sites for hydroxylation is 1. The molecule has 4 rings (SSSR count). The number of ether oxygens (including phenoxy) is 2. The first-order valence-corrected chi connectivity index (χ1v) is 11.7. The predicted molar refractivity (Wildman–Crippen MR) is 120 cm³/mol. The number of thioether (sulfide) groups is 1. The van der Waals surface area contributed by atoms with Gasteiger partial charge in [0, 0.05) is 18.7 Å². The molecule has 3 heterocycles. The second-order valence-electron chi connectivity index (χ2n) is 8.03. The van der Waals surface area contributed by atoms with Crippen molar-refractivity contribution in [1.82, 2.24) is 9.88 Å². The van der Waals surface area contributed by atoms with Crippen molar-refractivity contribution in [1.29, 1.82) is 5.26 Å². The van der Waals surface area contributed by atoms with E-state index < -0.39 is 0 Å². The van der Waals surface area contributed by atoms with Gasteiger partial charge in [-0.05, 0) is 62.4 Å². The van der Waals surface area contributed by atoms with Crippen LogP contribution in [0.25, 0.3) is 0 Å². The van der Waals surface area contributed by atoms with Crippen molar-refractivity contribution in [2.45, 2.75) is 51.1 Å². The topological polar surface area (TPSA) is 75.5 Å². The van der Waals surface area contributed by atoms with Crippen LogP contribution < -0.4 is 9.47 Å². The monoisotopic (exact) mass is 437 g/mol. The summed E-state index contributed by atoms with van der Waals surface area (Å²) in [4.78, 5) is 19.6. The maximum absolute atomic E-state index is 13.1. The molecule has 1 aromatic heterocycles. The van der Waals surface area contributed by atoms with E-state index in [1.165, 1.54) is 11.8 Å². The first-order chi connectivity index (χ1) is 15.0. The minimum Gasteiger partial charge on any atom is -0.490 e. The zero-order valence-electron chi connectivity index (χ0n) is 18.2. The van der Waals surface area contributed by atoms with Gasteiger partial charge in [0.05, 0.1) is 30.6 Å². The van der Waals surface area contributed by atoms with Gasteiger partial charge in [0.25, 0.3) is 0 Å². The van der Waals surface area contributed by atoms with Crippen LogP contribution in [0.3, 0.4) is 0 Å². The summed E-state index contributed by atoms with van der Waals surface area (Å²) in [5.41, 5.74) is 4.52. The molecule has 1 amide bonds. The van der Waals surface area contributed by atoms with Gasteiger partial charge >= 0.3 is 0 Å². The Hall–Kier alpha value is -2.72. The van der Waals surface area contributed by atoms with Crippen molar-refractivity contribution in [2.24, 2.45) is 0 Å². The smallest absolute Gasteiger partial charge is 0.233 e. The van der Waals surface area contributed by atoms with Crippen molar-refractivity contribution in [3.63, 3.8) is 0 Å². The number of rotatable bonds is 4. The van der Waals surface area contributed by atoms with Crippen LogP contribution in [0.1, 0.15) is 53.3 Å². The van der Waals surface area contributed by atoms with Gasteiger partial charge in [0.2, 0.25) is 5.91 Å². The lowest BCUT2D eigenvalue weighted by molar-refractivity contribution is -0.129. The highest BCUT2D eigenvalue weighted by Crippen LogP contribution is 2.38. The molecule has 2 aliphatic heterocycles. The quantitative estimate of drug-likeness (QED) is 0.656. The minimum atomic E-state index is 0.0372. The summed E-state index contributed by atoms with van der Waals surface area (Å²) in [6.45, 7) is 7.90. The third-order valence-corrected chi connectivity index (χ3v) is 7.10. The SMILES string of the molecule is Cc1nc(SCC(=O)N2CCC[C@H]2c2ccc3c(c2)OCCCO3)c(C#N)c(C)c1C. The van der Waals surface area contributed by atoms with Crippen molar-refractivity contribution in [3.8, 4) is 17.6 Å². The summed E-state index contributed by atoms with van der Waals surface area (Å²) >= 11 is 1.36. The summed E-state index contributed by atoms with van der Waals surface area (Å²) in [7, 11) is 0. The highest BCUT2D eigenvalue weighted by molar-refractivity contribution is 8.00. The number of fused-ring (bicyclic) bond motifs is 1. The van der Waals surface area contributed by atoms with Gasteiger partial charge < -0.3 is 14.4 Å². The number of nitriles is 1. The number of likely N-dealkylation sites (tertiary alicyclic amines) is 1. The van der Waals surface area contributed by atoms with Gasteiger partial charge in [-0.25, -0.2) is 4.98 Å². The Balaban J connectivity index is 1.49. The molecule has 6 nitrogen and oxygen atoms in total. The van der Waals surface area contributed by atoms with Gasteiger partial charge in [0.1, 0.15) is 11.1 Å². The normalized spacial score (nSPS) is 17.9. The molecule has 0 unspecified atom stereocenters. The zero-order chi connectivity index (χ0) is 22.0. The number of hydrogen-bond acceptors (Lipinski definition) is 6. The van der Waals surface area contributed by atoms with Crippen LogP contribution >= 0.6 is 11.8 Å². The lowest BCUT2D eigenvalue weighted by atomic mass is 10.0. The van der Waals surface area contributed by atoms with E-state index in [1.54, 1.807) is 0 Å². The van der Waals surface area contributed by atoms with E-state index in [-0.39, 0.29) is 17.7 Å². The second-order valence-corrected chi connectivity index (χ2v) is 8.99. The van der Waals surface area contributed by atoms with Crippen molar-refractivity contribution in [3.05, 3.63) is 46.1 Å². The Bertz CT molecular complexity index is 1050. The van der Waals surface area contributed by atoms with Crippen molar-refractivity contribution in [2.75, 3.05) is 25.5 Å². The van der Waals surface area contributed by atoms with Crippen molar-refractivity contribution < 1.29 is 14.3 Å². The largest absolute Gasteiger partial charge is 0.490 e. The molecule has 31 heavy (non-hydrogen) atoms. The zero-order valence-corrected chi connectivity index (χ0v) is 19.1. The molecule has 7 heteroatoms. The molecule has 0 spiro atoms. The third kappa shape index (κ3) is 4.35. The van der Waals surface area contributed by atoms with Crippen LogP contribution in [0.4, 0.5) is 0 Å². The molecular weight excluding hydrogens is 410 g/mol. The van der Waals surface area contributed by atoms with E-state index in [0.29, 0.717) is 23.8 Å². The Labute approximate surface area is 187 Å². The molecule has 1 saturated heterocycles. The lowest BCUT2D eigenvalue weighted by Gasteiger charge is -2.25. The number of hydrogen-bond donors (Lipinski definition) is 0. The number of pyridine rings is 1. The van der Waals surface area contributed by atoms with Gasteiger partial charge in [0.15, 0.2) is 11.5 Å². The van der Waals surface area contributed by atoms with Crippen LogP contribution in [-0.4, -0.2) is 41.3 Å². The van der Waals surface area contributed by atoms with E-state index in [9.17, 15) is 10.1 Å². The summed E-state index contributed by atoms with van der Waals surface area (Å²) < 4.78 is 11.6. The first kappa shape index (κ1) is 21.5. The van der Waals surface area contributed by atoms with Gasteiger partial charge in [-0.15, -0.1) is 0 Å². The van der Waals surface area contributed by atoms with Crippen LogP contribution in [-0.2, 0) is 4.79 Å². The van der Waals surface area contributed by atoms with E-state index in [2.05, 4.69) is 11.1 Å². The maximum atomic E-state index is 13.1. The van der Waals surface area contributed by atoms with E-state index in [4.69, 9.17) is 9.47 Å². The molecule has 1 aromatic carbocycles. The predicted octanol–water partition coefficient (Wildman–Crippen LogP) is 4.50. The molecule has 0 saturated carbocycles. The van der Waals surface area contributed by atoms with Gasteiger partial charge in [-0.1, -0.05) is 17.8 Å². The average Bonchev–Trinajstić information content (AvgIpc) is 3.14. The van der Waals surface area contributed by atoms with Gasteiger partial charge in [-0.2, -0.15) is 5.26 Å². The number of carbonyl (C=O) groups is 1. The highest BCUT2D eigenvalue weighted by Gasteiger charge is 2.31. The summed E-state index contributed by atoms with van der Waals surface area (Å²) in [5, 5.41) is 10.2. The van der Waals surface area contributed by atoms with Crippen LogP contribution in [0.15, 0.2) is 23.2 Å². The summed E-state index contributed by atoms with van der Waals surface area (Å²) in [6.07, 6.45) is 2.77. The molecule has 1 atom stereocenters. The second kappa shape index (κ2) is 9.19. The van der Waals surface area contributed by atoms with Crippen molar-refractivity contribution >= 4 is 17.7 Å². The van der Waals surface area contributed by atoms with Crippen LogP contribution in [0.5, 0.6) is 11.5 Å². The number of aromatic nitrogens is 1. The molecule has 1 fully saturated rings. The molecular formula is C24H27N3O3S. The standard InChI is InChI=1S/C24H27N3O3S/c1-15-16(2)19(13-25)24(26-17(15)3)31-14-23(28)27-9-4-6-20(27)18-7-8-21-22(12-18)30-11-5-10-29-21/h7-8,12,20H,4-6,9-11,14H2,1-3H3/t20-/m0/s1. The van der Waals surface area contributed by atoms with Crippen LogP contribution in [0.2, 0.25) is 0 Å². The number of amides is 1.